The van der Waals surface area contributed by atoms with Gasteiger partial charge in [-0.15, -0.1) is 0 Å². The van der Waals surface area contributed by atoms with Gasteiger partial charge in [0.1, 0.15) is 5.82 Å². The molecule has 0 amide bonds. The molecule has 0 unspecified atom stereocenters. The van der Waals surface area contributed by atoms with Gasteiger partial charge in [0.2, 0.25) is 5.95 Å². The SMILES string of the molecule is Nc1nc2cc(Cl)c(F)cc2n1CCc1cccnc1. The molecule has 6 heteroatoms. The van der Waals surface area contributed by atoms with Gasteiger partial charge in [-0.2, -0.15) is 0 Å². The number of pyridine rings is 1. The van der Waals surface area contributed by atoms with E-state index in [1.54, 1.807) is 17.0 Å². The van der Waals surface area contributed by atoms with Gasteiger partial charge in [0.15, 0.2) is 0 Å². The predicted molar refractivity (Wildman–Crippen MR) is 77.1 cm³/mol. The number of aryl methyl sites for hydroxylation is 2. The average Bonchev–Trinajstić information content (AvgIpc) is 2.73. The first-order valence-electron chi connectivity index (χ1n) is 6.15. The molecule has 1 aromatic carbocycles. The molecule has 2 N–H and O–H groups in total. The van der Waals surface area contributed by atoms with Crippen molar-refractivity contribution in [1.29, 1.82) is 0 Å². The number of aromatic nitrogens is 3. The van der Waals surface area contributed by atoms with E-state index in [0.29, 0.717) is 23.5 Å². The third-order valence-corrected chi connectivity index (χ3v) is 3.46. The molecule has 0 bridgehead atoms. The Balaban J connectivity index is 1.95. The number of nitrogens with two attached hydrogens (primary N) is 1. The van der Waals surface area contributed by atoms with Crippen LogP contribution in [0, 0.1) is 5.82 Å². The Labute approximate surface area is 120 Å². The van der Waals surface area contributed by atoms with Gasteiger partial charge in [0, 0.05) is 25.0 Å². The number of hydrogen-bond acceptors (Lipinski definition) is 3. The summed E-state index contributed by atoms with van der Waals surface area (Å²) in [6.07, 6.45) is 4.27. The molecule has 0 saturated carbocycles. The first-order valence-corrected chi connectivity index (χ1v) is 6.52. The van der Waals surface area contributed by atoms with Crippen molar-refractivity contribution in [3.8, 4) is 0 Å². The van der Waals surface area contributed by atoms with Crippen LogP contribution in [0.4, 0.5) is 10.3 Å². The van der Waals surface area contributed by atoms with Crippen molar-refractivity contribution >= 4 is 28.6 Å². The summed E-state index contributed by atoms with van der Waals surface area (Å²) in [5.41, 5.74) is 8.22. The summed E-state index contributed by atoms with van der Waals surface area (Å²) >= 11 is 5.75. The molecule has 0 saturated heterocycles. The van der Waals surface area contributed by atoms with Crippen LogP contribution >= 0.6 is 11.6 Å². The van der Waals surface area contributed by atoms with Gasteiger partial charge in [-0.25, -0.2) is 9.37 Å². The van der Waals surface area contributed by atoms with Gasteiger partial charge in [-0.1, -0.05) is 17.7 Å². The fourth-order valence-corrected chi connectivity index (χ4v) is 2.32. The lowest BCUT2D eigenvalue weighted by Gasteiger charge is -2.06. The quantitative estimate of drug-likeness (QED) is 0.806. The van der Waals surface area contributed by atoms with Gasteiger partial charge in [0.25, 0.3) is 0 Å². The fourth-order valence-electron chi connectivity index (χ4n) is 2.16. The Morgan fingerprint density at radius 2 is 2.20 bits per heavy atom. The summed E-state index contributed by atoms with van der Waals surface area (Å²) in [6, 6.07) is 6.72. The second kappa shape index (κ2) is 5.09. The maximum absolute atomic E-state index is 13.6. The molecule has 2 heterocycles. The van der Waals surface area contributed by atoms with E-state index >= 15 is 0 Å². The van der Waals surface area contributed by atoms with Crippen LogP contribution < -0.4 is 5.73 Å². The van der Waals surface area contributed by atoms with E-state index in [1.165, 1.54) is 12.1 Å². The summed E-state index contributed by atoms with van der Waals surface area (Å²) in [5, 5.41) is 0.0504. The highest BCUT2D eigenvalue weighted by Gasteiger charge is 2.11. The Morgan fingerprint density at radius 3 is 2.95 bits per heavy atom. The van der Waals surface area contributed by atoms with Crippen LogP contribution in [0.5, 0.6) is 0 Å². The Kier molecular flexibility index (Phi) is 3.28. The highest BCUT2D eigenvalue weighted by atomic mass is 35.5. The Morgan fingerprint density at radius 1 is 1.35 bits per heavy atom. The molecule has 0 aliphatic rings. The van der Waals surface area contributed by atoms with Crippen LogP contribution in [0.25, 0.3) is 11.0 Å². The molecule has 3 aromatic rings. The van der Waals surface area contributed by atoms with E-state index in [0.717, 1.165) is 12.0 Å². The molecule has 0 fully saturated rings. The predicted octanol–water partition coefficient (Wildman–Crippen LogP) is 3.05. The number of benzene rings is 1. The van der Waals surface area contributed by atoms with Crippen LogP contribution in [0.2, 0.25) is 5.02 Å². The summed E-state index contributed by atoms with van der Waals surface area (Å²) in [4.78, 5) is 8.26. The lowest BCUT2D eigenvalue weighted by molar-refractivity contribution is 0.628. The highest BCUT2D eigenvalue weighted by molar-refractivity contribution is 6.31. The molecule has 0 aliphatic heterocycles. The van der Waals surface area contributed by atoms with Crippen molar-refractivity contribution in [2.24, 2.45) is 0 Å². The maximum atomic E-state index is 13.6. The second-order valence-corrected chi connectivity index (χ2v) is 4.90. The van der Waals surface area contributed by atoms with Crippen LogP contribution in [0.3, 0.4) is 0 Å². The van der Waals surface area contributed by atoms with Crippen LogP contribution in [-0.2, 0) is 13.0 Å². The molecule has 2 aromatic heterocycles. The van der Waals surface area contributed by atoms with Gasteiger partial charge < -0.3 is 10.3 Å². The summed E-state index contributed by atoms with van der Waals surface area (Å²) in [6.45, 7) is 0.606. The zero-order valence-corrected chi connectivity index (χ0v) is 11.3. The lowest BCUT2D eigenvalue weighted by Crippen LogP contribution is -2.06. The molecule has 3 rings (SSSR count). The highest BCUT2D eigenvalue weighted by Crippen LogP contribution is 2.24. The standard InChI is InChI=1S/C14H12ClFN4/c15-10-6-12-13(7-11(10)16)20(14(17)19-12)5-3-9-2-1-4-18-8-9/h1-2,4,6-8H,3,5H2,(H2,17,19). The minimum Gasteiger partial charge on any atom is -0.369 e. The molecule has 0 aliphatic carbocycles. The Bertz CT molecular complexity index is 755. The molecule has 0 atom stereocenters. The topological polar surface area (TPSA) is 56.7 Å². The van der Waals surface area contributed by atoms with Gasteiger partial charge in [-0.05, 0) is 24.1 Å². The summed E-state index contributed by atoms with van der Waals surface area (Å²) in [7, 11) is 0. The van der Waals surface area contributed by atoms with E-state index < -0.39 is 5.82 Å². The zero-order chi connectivity index (χ0) is 14.1. The summed E-state index contributed by atoms with van der Waals surface area (Å²) in [5.74, 6) is -0.118. The van der Waals surface area contributed by atoms with Crippen LogP contribution in [0.15, 0.2) is 36.7 Å². The molecular weight excluding hydrogens is 279 g/mol. The number of rotatable bonds is 3. The van der Waals surface area contributed by atoms with E-state index in [-0.39, 0.29) is 5.02 Å². The first kappa shape index (κ1) is 12.9. The number of anilines is 1. The van der Waals surface area contributed by atoms with Gasteiger partial charge in [0.05, 0.1) is 16.1 Å². The zero-order valence-electron chi connectivity index (χ0n) is 10.6. The van der Waals surface area contributed by atoms with Crippen molar-refractivity contribution < 1.29 is 4.39 Å². The van der Waals surface area contributed by atoms with Crippen molar-refractivity contribution in [3.05, 3.63) is 53.1 Å². The number of nitrogen functional groups attached to an aromatic ring is 1. The average molecular weight is 291 g/mol. The number of nitrogens with zero attached hydrogens (tertiary/aromatic N) is 3. The number of imidazole rings is 1. The molecular formula is C14H12ClFN4. The number of fused-ring (bicyclic) bond motifs is 1. The van der Waals surface area contributed by atoms with E-state index in [4.69, 9.17) is 17.3 Å². The normalized spacial score (nSPS) is 11.1. The number of hydrogen-bond donors (Lipinski definition) is 1. The molecule has 0 radical (unpaired) electrons. The van der Waals surface area contributed by atoms with E-state index in [1.807, 2.05) is 12.1 Å². The molecule has 20 heavy (non-hydrogen) atoms. The van der Waals surface area contributed by atoms with Crippen LogP contribution in [-0.4, -0.2) is 14.5 Å². The number of halogens is 2. The molecule has 4 nitrogen and oxygen atoms in total. The van der Waals surface area contributed by atoms with E-state index in [2.05, 4.69) is 9.97 Å². The van der Waals surface area contributed by atoms with Gasteiger partial charge in [-0.3, -0.25) is 4.98 Å². The second-order valence-electron chi connectivity index (χ2n) is 4.49. The lowest BCUT2D eigenvalue weighted by atomic mass is 10.2. The monoisotopic (exact) mass is 290 g/mol. The third kappa shape index (κ3) is 2.32. The van der Waals surface area contributed by atoms with Crippen LogP contribution in [0.1, 0.15) is 5.56 Å². The third-order valence-electron chi connectivity index (χ3n) is 3.17. The minimum atomic E-state index is -0.471. The largest absolute Gasteiger partial charge is 0.369 e. The Hall–Kier alpha value is -2.14. The maximum Gasteiger partial charge on any atom is 0.201 e. The summed E-state index contributed by atoms with van der Waals surface area (Å²) < 4.78 is 15.4. The van der Waals surface area contributed by atoms with E-state index in [9.17, 15) is 4.39 Å². The molecule has 102 valence electrons. The fraction of sp³-hybridized carbons (Fsp3) is 0.143. The van der Waals surface area contributed by atoms with Crippen molar-refractivity contribution in [2.45, 2.75) is 13.0 Å². The van der Waals surface area contributed by atoms with Crippen molar-refractivity contribution in [3.63, 3.8) is 0 Å². The first-order chi connectivity index (χ1) is 9.65. The van der Waals surface area contributed by atoms with Crippen molar-refractivity contribution in [2.75, 3.05) is 5.73 Å². The van der Waals surface area contributed by atoms with Gasteiger partial charge >= 0.3 is 0 Å². The van der Waals surface area contributed by atoms with Crippen molar-refractivity contribution in [1.82, 2.24) is 14.5 Å². The minimum absolute atomic E-state index is 0.0504. The smallest absolute Gasteiger partial charge is 0.201 e. The molecule has 0 spiro atoms.